The van der Waals surface area contributed by atoms with Crippen molar-refractivity contribution in [1.29, 1.82) is 0 Å². The molecule has 16 heavy (non-hydrogen) atoms. The third-order valence-electron chi connectivity index (χ3n) is 2.82. The van der Waals surface area contributed by atoms with Crippen LogP contribution in [0.25, 0.3) is 10.9 Å². The SMILES string of the molecule is COc1c(CCCN)ccc2[nH]c(C)cc12. The number of methoxy groups -OCH3 is 1. The van der Waals surface area contributed by atoms with Crippen molar-refractivity contribution in [3.63, 3.8) is 0 Å². The number of hydrogen-bond donors (Lipinski definition) is 2. The molecule has 0 radical (unpaired) electrons. The number of aromatic nitrogens is 1. The van der Waals surface area contributed by atoms with Crippen molar-refractivity contribution < 1.29 is 4.74 Å². The normalized spacial score (nSPS) is 10.9. The van der Waals surface area contributed by atoms with Crippen LogP contribution in [-0.2, 0) is 6.42 Å². The predicted octanol–water partition coefficient (Wildman–Crippen LogP) is 2.38. The lowest BCUT2D eigenvalue weighted by Crippen LogP contribution is -2.01. The van der Waals surface area contributed by atoms with E-state index in [9.17, 15) is 0 Å². The molecule has 0 unspecified atom stereocenters. The summed E-state index contributed by atoms with van der Waals surface area (Å²) in [5.74, 6) is 0.982. The fourth-order valence-electron chi connectivity index (χ4n) is 2.09. The number of benzene rings is 1. The first-order valence-corrected chi connectivity index (χ1v) is 5.61. The van der Waals surface area contributed by atoms with E-state index in [1.807, 2.05) is 0 Å². The Labute approximate surface area is 95.6 Å². The molecular weight excluding hydrogens is 200 g/mol. The molecule has 0 atom stereocenters. The molecule has 0 fully saturated rings. The molecule has 0 aliphatic heterocycles. The van der Waals surface area contributed by atoms with Crippen molar-refractivity contribution in [2.45, 2.75) is 19.8 Å². The Morgan fingerprint density at radius 1 is 1.38 bits per heavy atom. The fourth-order valence-corrected chi connectivity index (χ4v) is 2.09. The highest BCUT2D eigenvalue weighted by molar-refractivity contribution is 5.88. The van der Waals surface area contributed by atoms with Gasteiger partial charge in [-0.2, -0.15) is 0 Å². The highest BCUT2D eigenvalue weighted by atomic mass is 16.5. The molecular formula is C13H18N2O. The van der Waals surface area contributed by atoms with E-state index in [1.165, 1.54) is 5.56 Å². The van der Waals surface area contributed by atoms with E-state index in [0.717, 1.165) is 35.2 Å². The minimum absolute atomic E-state index is 0.716. The molecule has 0 spiro atoms. The van der Waals surface area contributed by atoms with Crippen LogP contribution in [0.15, 0.2) is 18.2 Å². The maximum atomic E-state index is 5.54. The van der Waals surface area contributed by atoms with Gasteiger partial charge in [-0.3, -0.25) is 0 Å². The number of aromatic amines is 1. The van der Waals surface area contributed by atoms with Crippen LogP contribution in [0.1, 0.15) is 17.7 Å². The average molecular weight is 218 g/mol. The van der Waals surface area contributed by atoms with Gasteiger partial charge in [0.1, 0.15) is 5.75 Å². The van der Waals surface area contributed by atoms with Gasteiger partial charge in [-0.15, -0.1) is 0 Å². The Hall–Kier alpha value is -1.48. The van der Waals surface area contributed by atoms with Crippen LogP contribution < -0.4 is 10.5 Å². The lowest BCUT2D eigenvalue weighted by Gasteiger charge is -2.09. The Kier molecular flexibility index (Phi) is 3.15. The Morgan fingerprint density at radius 2 is 2.19 bits per heavy atom. The van der Waals surface area contributed by atoms with E-state index in [2.05, 4.69) is 30.1 Å². The fraction of sp³-hybridized carbons (Fsp3) is 0.385. The molecule has 86 valence electrons. The number of hydrogen-bond acceptors (Lipinski definition) is 2. The summed E-state index contributed by atoms with van der Waals surface area (Å²) in [5.41, 5.74) is 9.06. The van der Waals surface area contributed by atoms with Crippen molar-refractivity contribution >= 4 is 10.9 Å². The third kappa shape index (κ3) is 1.91. The largest absolute Gasteiger partial charge is 0.496 e. The molecule has 1 heterocycles. The summed E-state index contributed by atoms with van der Waals surface area (Å²) in [4.78, 5) is 3.31. The first kappa shape index (κ1) is 11.0. The van der Waals surface area contributed by atoms with Gasteiger partial charge >= 0.3 is 0 Å². The summed E-state index contributed by atoms with van der Waals surface area (Å²) in [6, 6.07) is 6.35. The summed E-state index contributed by atoms with van der Waals surface area (Å²) in [6.45, 7) is 2.77. The van der Waals surface area contributed by atoms with Crippen LogP contribution >= 0.6 is 0 Å². The Bertz CT molecular complexity index is 488. The summed E-state index contributed by atoms with van der Waals surface area (Å²) >= 11 is 0. The highest BCUT2D eigenvalue weighted by Crippen LogP contribution is 2.30. The molecule has 3 nitrogen and oxygen atoms in total. The average Bonchev–Trinajstić information content (AvgIpc) is 2.65. The molecule has 0 aliphatic rings. The monoisotopic (exact) mass is 218 g/mol. The van der Waals surface area contributed by atoms with E-state index in [1.54, 1.807) is 7.11 Å². The van der Waals surface area contributed by atoms with Gasteiger partial charge in [-0.25, -0.2) is 0 Å². The second-order valence-corrected chi connectivity index (χ2v) is 4.06. The highest BCUT2D eigenvalue weighted by Gasteiger charge is 2.09. The second-order valence-electron chi connectivity index (χ2n) is 4.06. The summed E-state index contributed by atoms with van der Waals surface area (Å²) in [6.07, 6.45) is 1.96. The van der Waals surface area contributed by atoms with E-state index < -0.39 is 0 Å². The first-order valence-electron chi connectivity index (χ1n) is 5.61. The van der Waals surface area contributed by atoms with Crippen molar-refractivity contribution in [1.82, 2.24) is 4.98 Å². The minimum atomic E-state index is 0.716. The van der Waals surface area contributed by atoms with Crippen LogP contribution in [0.5, 0.6) is 5.75 Å². The predicted molar refractivity (Wildman–Crippen MR) is 67.0 cm³/mol. The van der Waals surface area contributed by atoms with Gasteiger partial charge in [0.15, 0.2) is 0 Å². The molecule has 1 aromatic carbocycles. The standard InChI is InChI=1S/C13H18N2O/c1-9-8-11-12(15-9)6-5-10(4-3-7-14)13(11)16-2/h5-6,8,15H,3-4,7,14H2,1-2H3. The van der Waals surface area contributed by atoms with E-state index >= 15 is 0 Å². The molecule has 0 saturated carbocycles. The summed E-state index contributed by atoms with van der Waals surface area (Å²) < 4.78 is 5.51. The molecule has 0 aliphatic carbocycles. The Morgan fingerprint density at radius 3 is 2.88 bits per heavy atom. The van der Waals surface area contributed by atoms with Gasteiger partial charge in [0.05, 0.1) is 7.11 Å². The van der Waals surface area contributed by atoms with Crippen LogP contribution in [0.4, 0.5) is 0 Å². The van der Waals surface area contributed by atoms with Gasteiger partial charge in [-0.05, 0) is 44.0 Å². The van der Waals surface area contributed by atoms with Crippen LogP contribution in [0.2, 0.25) is 0 Å². The number of fused-ring (bicyclic) bond motifs is 1. The van der Waals surface area contributed by atoms with Crippen molar-refractivity contribution in [3.8, 4) is 5.75 Å². The molecule has 1 aromatic heterocycles. The van der Waals surface area contributed by atoms with Gasteiger partial charge in [0.25, 0.3) is 0 Å². The molecule has 2 aromatic rings. The van der Waals surface area contributed by atoms with Gasteiger partial charge < -0.3 is 15.5 Å². The maximum absolute atomic E-state index is 5.54. The summed E-state index contributed by atoms with van der Waals surface area (Å²) in [7, 11) is 1.73. The smallest absolute Gasteiger partial charge is 0.131 e. The Balaban J connectivity index is 2.49. The topological polar surface area (TPSA) is 51.0 Å². The number of H-pyrrole nitrogens is 1. The zero-order valence-corrected chi connectivity index (χ0v) is 9.84. The van der Waals surface area contributed by atoms with Crippen molar-refractivity contribution in [2.75, 3.05) is 13.7 Å². The molecule has 3 N–H and O–H groups in total. The third-order valence-corrected chi connectivity index (χ3v) is 2.82. The number of aryl methyl sites for hydroxylation is 2. The van der Waals surface area contributed by atoms with Crippen LogP contribution in [0.3, 0.4) is 0 Å². The van der Waals surface area contributed by atoms with E-state index in [4.69, 9.17) is 10.5 Å². The number of rotatable bonds is 4. The summed E-state index contributed by atoms with van der Waals surface area (Å²) in [5, 5.41) is 1.16. The van der Waals surface area contributed by atoms with Crippen LogP contribution in [0, 0.1) is 6.92 Å². The van der Waals surface area contributed by atoms with Gasteiger partial charge in [-0.1, -0.05) is 6.07 Å². The molecule has 2 rings (SSSR count). The van der Waals surface area contributed by atoms with Gasteiger partial charge in [0.2, 0.25) is 0 Å². The zero-order chi connectivity index (χ0) is 11.5. The number of ether oxygens (including phenoxy) is 1. The second kappa shape index (κ2) is 4.58. The van der Waals surface area contributed by atoms with E-state index in [0.29, 0.717) is 6.54 Å². The zero-order valence-electron chi connectivity index (χ0n) is 9.84. The molecule has 0 amide bonds. The van der Waals surface area contributed by atoms with Crippen molar-refractivity contribution in [3.05, 3.63) is 29.5 Å². The van der Waals surface area contributed by atoms with Crippen molar-refractivity contribution in [2.24, 2.45) is 5.73 Å². The molecule has 3 heteroatoms. The quantitative estimate of drug-likeness (QED) is 0.827. The number of nitrogens with one attached hydrogen (secondary N) is 1. The number of nitrogens with two attached hydrogens (primary N) is 1. The lowest BCUT2D eigenvalue weighted by molar-refractivity contribution is 0.414. The minimum Gasteiger partial charge on any atom is -0.496 e. The van der Waals surface area contributed by atoms with E-state index in [-0.39, 0.29) is 0 Å². The maximum Gasteiger partial charge on any atom is 0.131 e. The molecule has 0 bridgehead atoms. The first-order chi connectivity index (χ1) is 7.76. The lowest BCUT2D eigenvalue weighted by atomic mass is 10.1. The molecule has 0 saturated heterocycles. The van der Waals surface area contributed by atoms with Crippen LogP contribution in [-0.4, -0.2) is 18.6 Å². The van der Waals surface area contributed by atoms with Gasteiger partial charge in [0, 0.05) is 16.6 Å².